The number of nitrogens with two attached hydrogens (primary N) is 1. The van der Waals surface area contributed by atoms with Crippen LogP contribution in [0, 0.1) is 5.82 Å². The van der Waals surface area contributed by atoms with Crippen molar-refractivity contribution in [2.24, 2.45) is 0 Å². The fourth-order valence-corrected chi connectivity index (χ4v) is 1.84. The summed E-state index contributed by atoms with van der Waals surface area (Å²) < 4.78 is 19.7. The van der Waals surface area contributed by atoms with E-state index in [9.17, 15) is 4.39 Å². The first-order valence-electron chi connectivity index (χ1n) is 6.10. The van der Waals surface area contributed by atoms with Gasteiger partial charge in [0.1, 0.15) is 5.82 Å². The molecule has 0 aliphatic carbocycles. The summed E-state index contributed by atoms with van der Waals surface area (Å²) in [6.45, 7) is 2.79. The van der Waals surface area contributed by atoms with Gasteiger partial charge in [0, 0.05) is 17.1 Å². The van der Waals surface area contributed by atoms with Gasteiger partial charge in [-0.15, -0.1) is 0 Å². The summed E-state index contributed by atoms with van der Waals surface area (Å²) in [4.78, 5) is 7.95. The first kappa shape index (κ1) is 14.5. The molecule has 5 nitrogen and oxygen atoms in total. The summed E-state index contributed by atoms with van der Waals surface area (Å²) in [5, 5.41) is 3.07. The molecule has 1 heterocycles. The maximum absolute atomic E-state index is 13.7. The van der Waals surface area contributed by atoms with Gasteiger partial charge in [0.25, 0.3) is 0 Å². The Morgan fingerprint density at radius 1 is 1.35 bits per heavy atom. The maximum Gasteiger partial charge on any atom is 0.226 e. The number of aromatic nitrogens is 2. The first-order chi connectivity index (χ1) is 9.58. The topological polar surface area (TPSA) is 73.1 Å². The molecule has 0 saturated carbocycles. The molecular weight excluding hydrogens is 327 g/mol. The van der Waals surface area contributed by atoms with E-state index in [1.807, 2.05) is 6.92 Å². The number of benzene rings is 1. The molecule has 0 aliphatic rings. The van der Waals surface area contributed by atoms with Gasteiger partial charge in [0.2, 0.25) is 11.8 Å². The molecule has 0 fully saturated rings. The minimum atomic E-state index is -0.486. The number of anilines is 2. The molecule has 2 aromatic rings. The summed E-state index contributed by atoms with van der Waals surface area (Å²) in [5.74, 6) is 0.398. The number of hydrogen-bond acceptors (Lipinski definition) is 5. The van der Waals surface area contributed by atoms with E-state index in [4.69, 9.17) is 10.5 Å². The number of rotatable bonds is 5. The highest BCUT2D eigenvalue weighted by Crippen LogP contribution is 2.27. The van der Waals surface area contributed by atoms with Gasteiger partial charge in [-0.05, 0) is 24.6 Å². The van der Waals surface area contributed by atoms with Gasteiger partial charge >= 0.3 is 0 Å². The van der Waals surface area contributed by atoms with Crippen molar-refractivity contribution in [3.8, 4) is 11.6 Å². The van der Waals surface area contributed by atoms with Crippen molar-refractivity contribution in [1.29, 1.82) is 0 Å². The minimum Gasteiger partial charge on any atom is -0.436 e. The summed E-state index contributed by atoms with van der Waals surface area (Å²) in [5.41, 5.74) is 5.60. The third-order valence-electron chi connectivity index (χ3n) is 2.38. The third kappa shape index (κ3) is 3.80. The van der Waals surface area contributed by atoms with Gasteiger partial charge in [-0.2, -0.15) is 9.97 Å². The summed E-state index contributed by atoms with van der Waals surface area (Å²) in [6, 6.07) is 6.08. The molecule has 7 heteroatoms. The SMILES string of the molecule is CCCNc1cc(Oc2ccc(Br)cc2F)nc(N)n1. The van der Waals surface area contributed by atoms with Crippen molar-refractivity contribution < 1.29 is 9.13 Å². The van der Waals surface area contributed by atoms with E-state index in [-0.39, 0.29) is 17.6 Å². The van der Waals surface area contributed by atoms with Gasteiger partial charge in [-0.1, -0.05) is 22.9 Å². The maximum atomic E-state index is 13.7. The highest BCUT2D eigenvalue weighted by Gasteiger charge is 2.08. The predicted molar refractivity (Wildman–Crippen MR) is 79.4 cm³/mol. The smallest absolute Gasteiger partial charge is 0.226 e. The van der Waals surface area contributed by atoms with Gasteiger partial charge in [-0.25, -0.2) is 4.39 Å². The Kier molecular flexibility index (Phi) is 4.73. The van der Waals surface area contributed by atoms with Gasteiger partial charge < -0.3 is 15.8 Å². The third-order valence-corrected chi connectivity index (χ3v) is 2.88. The van der Waals surface area contributed by atoms with E-state index in [2.05, 4.69) is 31.2 Å². The summed E-state index contributed by atoms with van der Waals surface area (Å²) >= 11 is 3.18. The van der Waals surface area contributed by atoms with Crippen LogP contribution in [0.2, 0.25) is 0 Å². The molecule has 0 bridgehead atoms. The molecule has 0 unspecified atom stereocenters. The standard InChI is InChI=1S/C13H14BrFN4O/c1-2-5-17-11-7-12(19-13(16)18-11)20-10-4-3-8(14)6-9(10)15/h3-4,6-7H,2,5H2,1H3,(H3,16,17,18,19). The Balaban J connectivity index is 2.21. The van der Waals surface area contributed by atoms with Crippen molar-refractivity contribution in [3.63, 3.8) is 0 Å². The van der Waals surface area contributed by atoms with Crippen LogP contribution < -0.4 is 15.8 Å². The first-order valence-corrected chi connectivity index (χ1v) is 6.89. The Hall–Kier alpha value is -1.89. The Bertz CT molecular complexity index is 609. The van der Waals surface area contributed by atoms with E-state index in [1.165, 1.54) is 12.1 Å². The van der Waals surface area contributed by atoms with Crippen LogP contribution in [0.5, 0.6) is 11.6 Å². The second kappa shape index (κ2) is 6.51. The average Bonchev–Trinajstić information content (AvgIpc) is 2.39. The van der Waals surface area contributed by atoms with Crippen LogP contribution in [0.25, 0.3) is 0 Å². The van der Waals surface area contributed by atoms with Gasteiger partial charge in [-0.3, -0.25) is 0 Å². The lowest BCUT2D eigenvalue weighted by Gasteiger charge is -2.09. The van der Waals surface area contributed by atoms with Gasteiger partial charge in [0.15, 0.2) is 11.6 Å². The van der Waals surface area contributed by atoms with E-state index < -0.39 is 5.82 Å². The molecule has 0 saturated heterocycles. The van der Waals surface area contributed by atoms with Crippen LogP contribution in [0.4, 0.5) is 16.2 Å². The molecule has 1 aromatic heterocycles. The quantitative estimate of drug-likeness (QED) is 0.870. The van der Waals surface area contributed by atoms with E-state index in [0.29, 0.717) is 10.3 Å². The number of nitrogens with one attached hydrogen (secondary N) is 1. The lowest BCUT2D eigenvalue weighted by atomic mass is 10.3. The second-order valence-corrected chi connectivity index (χ2v) is 4.97. The fourth-order valence-electron chi connectivity index (χ4n) is 1.51. The monoisotopic (exact) mass is 340 g/mol. The lowest BCUT2D eigenvalue weighted by molar-refractivity contribution is 0.427. The largest absolute Gasteiger partial charge is 0.436 e. The van der Waals surface area contributed by atoms with Crippen molar-refractivity contribution >= 4 is 27.7 Å². The van der Waals surface area contributed by atoms with E-state index >= 15 is 0 Å². The van der Waals surface area contributed by atoms with Crippen molar-refractivity contribution in [3.05, 3.63) is 34.6 Å². The second-order valence-electron chi connectivity index (χ2n) is 4.05. The zero-order valence-electron chi connectivity index (χ0n) is 10.9. The number of nitrogen functional groups attached to an aromatic ring is 1. The molecule has 3 N–H and O–H groups in total. The molecular formula is C13H14BrFN4O. The fraction of sp³-hybridized carbons (Fsp3) is 0.231. The summed E-state index contributed by atoms with van der Waals surface area (Å²) in [6.07, 6.45) is 0.946. The minimum absolute atomic E-state index is 0.0682. The molecule has 0 spiro atoms. The van der Waals surface area contributed by atoms with Gasteiger partial charge in [0.05, 0.1) is 0 Å². The highest BCUT2D eigenvalue weighted by atomic mass is 79.9. The zero-order valence-corrected chi connectivity index (χ0v) is 12.4. The van der Waals surface area contributed by atoms with E-state index in [1.54, 1.807) is 12.1 Å². The number of nitrogens with zero attached hydrogens (tertiary/aromatic N) is 2. The van der Waals surface area contributed by atoms with Crippen LogP contribution in [-0.2, 0) is 0 Å². The normalized spacial score (nSPS) is 10.3. The van der Waals surface area contributed by atoms with Crippen LogP contribution in [-0.4, -0.2) is 16.5 Å². The number of hydrogen-bond donors (Lipinski definition) is 2. The highest BCUT2D eigenvalue weighted by molar-refractivity contribution is 9.10. The lowest BCUT2D eigenvalue weighted by Crippen LogP contribution is -2.05. The molecule has 20 heavy (non-hydrogen) atoms. The van der Waals surface area contributed by atoms with Crippen molar-refractivity contribution in [2.75, 3.05) is 17.6 Å². The zero-order chi connectivity index (χ0) is 14.5. The summed E-state index contributed by atoms with van der Waals surface area (Å²) in [7, 11) is 0. The Labute approximate surface area is 124 Å². The Morgan fingerprint density at radius 3 is 2.85 bits per heavy atom. The molecule has 0 aliphatic heterocycles. The Morgan fingerprint density at radius 2 is 2.15 bits per heavy atom. The van der Waals surface area contributed by atoms with Crippen molar-refractivity contribution in [2.45, 2.75) is 13.3 Å². The van der Waals surface area contributed by atoms with Crippen LogP contribution in [0.3, 0.4) is 0 Å². The average molecular weight is 341 g/mol. The number of ether oxygens (including phenoxy) is 1. The molecule has 0 amide bonds. The van der Waals surface area contributed by atoms with Crippen LogP contribution in [0.1, 0.15) is 13.3 Å². The predicted octanol–water partition coefficient (Wildman–Crippen LogP) is 3.57. The molecule has 0 radical (unpaired) electrons. The molecule has 1 aromatic carbocycles. The van der Waals surface area contributed by atoms with Crippen molar-refractivity contribution in [1.82, 2.24) is 9.97 Å². The van der Waals surface area contributed by atoms with Crippen LogP contribution in [0.15, 0.2) is 28.7 Å². The number of halogens is 2. The molecule has 0 atom stereocenters. The van der Waals surface area contributed by atoms with Crippen LogP contribution >= 0.6 is 15.9 Å². The molecule has 106 valence electrons. The van der Waals surface area contributed by atoms with E-state index in [0.717, 1.165) is 13.0 Å². The molecule has 2 rings (SSSR count).